The molecular formula is C12H18N2O5. The third kappa shape index (κ3) is 3.47. The highest BCUT2D eigenvalue weighted by molar-refractivity contribution is 5.69. The minimum Gasteiger partial charge on any atom is -0.493 e. The molecule has 0 atom stereocenters. The van der Waals surface area contributed by atoms with E-state index in [-0.39, 0.29) is 23.7 Å². The first kappa shape index (κ1) is 15.0. The zero-order chi connectivity index (χ0) is 14.6. The number of nitro benzene ring substituents is 1. The van der Waals surface area contributed by atoms with E-state index < -0.39 is 10.5 Å². The predicted octanol–water partition coefficient (Wildman–Crippen LogP) is 1.79. The van der Waals surface area contributed by atoms with Crippen molar-refractivity contribution >= 4 is 11.4 Å². The highest BCUT2D eigenvalue weighted by atomic mass is 16.6. The Labute approximate surface area is 111 Å². The number of anilines is 1. The van der Waals surface area contributed by atoms with Crippen molar-refractivity contribution in [1.29, 1.82) is 0 Å². The first-order valence-corrected chi connectivity index (χ1v) is 5.64. The smallest absolute Gasteiger partial charge is 0.296 e. The summed E-state index contributed by atoms with van der Waals surface area (Å²) in [5, 5.41) is 23.2. The molecule has 0 heterocycles. The van der Waals surface area contributed by atoms with Gasteiger partial charge in [-0.2, -0.15) is 0 Å². The highest BCUT2D eigenvalue weighted by Gasteiger charge is 2.24. The molecule has 106 valence electrons. The van der Waals surface area contributed by atoms with Gasteiger partial charge in [-0.3, -0.25) is 10.1 Å². The molecule has 0 bridgehead atoms. The molecule has 7 heteroatoms. The molecule has 0 saturated heterocycles. The number of rotatable bonds is 6. The van der Waals surface area contributed by atoms with E-state index in [1.165, 1.54) is 26.4 Å². The van der Waals surface area contributed by atoms with Crippen molar-refractivity contribution in [3.8, 4) is 11.5 Å². The Hall–Kier alpha value is -2.02. The third-order valence-corrected chi connectivity index (χ3v) is 2.57. The molecule has 1 aromatic rings. The number of ether oxygens (including phenoxy) is 2. The number of nitrogens with one attached hydrogen (secondary N) is 1. The summed E-state index contributed by atoms with van der Waals surface area (Å²) in [6.07, 6.45) is 0. The molecule has 0 spiro atoms. The first-order chi connectivity index (χ1) is 8.84. The molecule has 0 aliphatic rings. The second kappa shape index (κ2) is 5.75. The number of aliphatic hydroxyl groups excluding tert-OH is 1. The van der Waals surface area contributed by atoms with Crippen molar-refractivity contribution in [3.05, 3.63) is 22.2 Å². The van der Waals surface area contributed by atoms with Crippen LogP contribution in [0.5, 0.6) is 11.5 Å². The van der Waals surface area contributed by atoms with Gasteiger partial charge in [0.05, 0.1) is 37.4 Å². The van der Waals surface area contributed by atoms with Gasteiger partial charge < -0.3 is 19.9 Å². The molecule has 0 aliphatic carbocycles. The fourth-order valence-electron chi connectivity index (χ4n) is 1.52. The van der Waals surface area contributed by atoms with Gasteiger partial charge in [-0.1, -0.05) is 0 Å². The average molecular weight is 270 g/mol. The molecule has 19 heavy (non-hydrogen) atoms. The summed E-state index contributed by atoms with van der Waals surface area (Å²) in [7, 11) is 2.86. The second-order valence-electron chi connectivity index (χ2n) is 4.65. The van der Waals surface area contributed by atoms with E-state index in [1.54, 1.807) is 13.8 Å². The van der Waals surface area contributed by atoms with E-state index in [4.69, 9.17) is 9.47 Å². The molecule has 0 unspecified atom stereocenters. The molecular weight excluding hydrogens is 252 g/mol. The summed E-state index contributed by atoms with van der Waals surface area (Å²) in [4.78, 5) is 10.6. The maximum absolute atomic E-state index is 11.1. The van der Waals surface area contributed by atoms with Crippen molar-refractivity contribution < 1.29 is 19.5 Å². The zero-order valence-corrected chi connectivity index (χ0v) is 11.4. The molecule has 2 N–H and O–H groups in total. The van der Waals surface area contributed by atoms with E-state index >= 15 is 0 Å². The summed E-state index contributed by atoms with van der Waals surface area (Å²) >= 11 is 0. The summed E-state index contributed by atoms with van der Waals surface area (Å²) in [5.74, 6) is 0.658. The third-order valence-electron chi connectivity index (χ3n) is 2.57. The number of aliphatic hydroxyl groups is 1. The predicted molar refractivity (Wildman–Crippen MR) is 71.0 cm³/mol. The SMILES string of the molecule is COc1cc(NC(C)(C)CO)c([N+](=O)[O-])cc1OC. The van der Waals surface area contributed by atoms with E-state index in [0.29, 0.717) is 5.75 Å². The Morgan fingerprint density at radius 3 is 2.26 bits per heavy atom. The van der Waals surface area contributed by atoms with Crippen LogP contribution < -0.4 is 14.8 Å². The van der Waals surface area contributed by atoms with Gasteiger partial charge in [-0.15, -0.1) is 0 Å². The molecule has 7 nitrogen and oxygen atoms in total. The average Bonchev–Trinajstić information content (AvgIpc) is 2.37. The lowest BCUT2D eigenvalue weighted by Gasteiger charge is -2.25. The normalized spacial score (nSPS) is 11.0. The minimum atomic E-state index is -0.690. The van der Waals surface area contributed by atoms with Crippen molar-refractivity contribution in [1.82, 2.24) is 0 Å². The van der Waals surface area contributed by atoms with Gasteiger partial charge in [-0.25, -0.2) is 0 Å². The van der Waals surface area contributed by atoms with Gasteiger partial charge in [0.15, 0.2) is 11.5 Å². The lowest BCUT2D eigenvalue weighted by molar-refractivity contribution is -0.384. The number of nitro groups is 1. The number of nitrogens with zero attached hydrogens (tertiary/aromatic N) is 1. The molecule has 1 aromatic carbocycles. The second-order valence-corrected chi connectivity index (χ2v) is 4.65. The van der Waals surface area contributed by atoms with Crippen LogP contribution in [0.25, 0.3) is 0 Å². The molecule has 0 amide bonds. The van der Waals surface area contributed by atoms with Gasteiger partial charge in [0.2, 0.25) is 0 Å². The fourth-order valence-corrected chi connectivity index (χ4v) is 1.52. The molecule has 0 aromatic heterocycles. The van der Waals surface area contributed by atoms with Crippen LogP contribution in [0.4, 0.5) is 11.4 Å². The van der Waals surface area contributed by atoms with E-state index in [2.05, 4.69) is 5.32 Å². The van der Waals surface area contributed by atoms with Gasteiger partial charge in [0.25, 0.3) is 5.69 Å². The van der Waals surface area contributed by atoms with Crippen LogP contribution in [-0.2, 0) is 0 Å². The van der Waals surface area contributed by atoms with Gasteiger partial charge in [0, 0.05) is 6.07 Å². The Balaban J connectivity index is 3.31. The van der Waals surface area contributed by atoms with Crippen LogP contribution in [0.1, 0.15) is 13.8 Å². The Kier molecular flexibility index (Phi) is 4.55. The maximum Gasteiger partial charge on any atom is 0.296 e. The topological polar surface area (TPSA) is 93.9 Å². The van der Waals surface area contributed by atoms with Crippen LogP contribution in [0.2, 0.25) is 0 Å². The van der Waals surface area contributed by atoms with E-state index in [0.717, 1.165) is 0 Å². The molecule has 0 saturated carbocycles. The molecule has 0 aliphatic heterocycles. The monoisotopic (exact) mass is 270 g/mol. The lowest BCUT2D eigenvalue weighted by Crippen LogP contribution is -2.35. The number of hydrogen-bond donors (Lipinski definition) is 2. The Morgan fingerprint density at radius 1 is 1.32 bits per heavy atom. The molecule has 0 radical (unpaired) electrons. The first-order valence-electron chi connectivity index (χ1n) is 5.64. The number of benzene rings is 1. The summed E-state index contributed by atoms with van der Waals surface area (Å²) in [5.41, 5.74) is -0.564. The van der Waals surface area contributed by atoms with Crippen LogP contribution in [0.15, 0.2) is 12.1 Å². The van der Waals surface area contributed by atoms with Crippen molar-refractivity contribution in [2.24, 2.45) is 0 Å². The number of methoxy groups -OCH3 is 2. The van der Waals surface area contributed by atoms with E-state index in [9.17, 15) is 15.2 Å². The van der Waals surface area contributed by atoms with Crippen LogP contribution in [0, 0.1) is 10.1 Å². The van der Waals surface area contributed by atoms with Crippen molar-refractivity contribution in [2.45, 2.75) is 19.4 Å². The van der Waals surface area contributed by atoms with Crippen LogP contribution >= 0.6 is 0 Å². The zero-order valence-electron chi connectivity index (χ0n) is 11.4. The standard InChI is InChI=1S/C12H18N2O5/c1-12(2,7-15)13-8-5-10(18-3)11(19-4)6-9(8)14(16)17/h5-6,13,15H,7H2,1-4H3. The highest BCUT2D eigenvalue weighted by Crippen LogP contribution is 2.38. The minimum absolute atomic E-state index is 0.140. The molecule has 1 rings (SSSR count). The van der Waals surface area contributed by atoms with Crippen LogP contribution in [-0.4, -0.2) is 36.4 Å². The molecule has 0 fully saturated rings. The summed E-state index contributed by atoms with van der Waals surface area (Å²) in [6.45, 7) is 3.29. The summed E-state index contributed by atoms with van der Waals surface area (Å²) in [6, 6.07) is 2.77. The van der Waals surface area contributed by atoms with Crippen molar-refractivity contribution in [3.63, 3.8) is 0 Å². The van der Waals surface area contributed by atoms with E-state index in [1.807, 2.05) is 0 Å². The fraction of sp³-hybridized carbons (Fsp3) is 0.500. The van der Waals surface area contributed by atoms with Gasteiger partial charge >= 0.3 is 0 Å². The van der Waals surface area contributed by atoms with Gasteiger partial charge in [-0.05, 0) is 13.8 Å². The number of hydrogen-bond acceptors (Lipinski definition) is 6. The lowest BCUT2D eigenvalue weighted by atomic mass is 10.1. The Bertz CT molecular complexity index is 473. The van der Waals surface area contributed by atoms with Crippen LogP contribution in [0.3, 0.4) is 0 Å². The maximum atomic E-state index is 11.1. The summed E-state index contributed by atoms with van der Waals surface area (Å²) < 4.78 is 10.1. The van der Waals surface area contributed by atoms with Gasteiger partial charge in [0.1, 0.15) is 5.69 Å². The Morgan fingerprint density at radius 2 is 1.84 bits per heavy atom. The largest absolute Gasteiger partial charge is 0.493 e. The quantitative estimate of drug-likeness (QED) is 0.604. The van der Waals surface area contributed by atoms with Crippen molar-refractivity contribution in [2.75, 3.05) is 26.1 Å².